The van der Waals surface area contributed by atoms with E-state index in [1.54, 1.807) is 0 Å². The van der Waals surface area contributed by atoms with Crippen molar-refractivity contribution in [2.24, 2.45) is 4.99 Å². The second kappa shape index (κ2) is 8.78. The Kier molecular flexibility index (Phi) is 7.24. The Balaban J connectivity index is 0.00000300. The quantitative estimate of drug-likeness (QED) is 0.375. The first-order valence-electron chi connectivity index (χ1n) is 9.06. The Morgan fingerprint density at radius 1 is 1.24 bits per heavy atom. The zero-order chi connectivity index (χ0) is 20.7. The fraction of sp³-hybridized carbons (Fsp3) is 0.364. The van der Waals surface area contributed by atoms with Gasteiger partial charge < -0.3 is 9.89 Å². The molecule has 0 fully saturated rings. The fourth-order valence-electron chi connectivity index (χ4n) is 3.27. The molecule has 1 aliphatic heterocycles. The van der Waals surface area contributed by atoms with E-state index in [1.165, 1.54) is 6.26 Å². The number of sulfone groups is 1. The number of fused-ring (bicyclic) bond motifs is 1. The Morgan fingerprint density at radius 2 is 1.93 bits per heavy atom. The van der Waals surface area contributed by atoms with Gasteiger partial charge in [0.1, 0.15) is 12.8 Å². The Labute approximate surface area is 199 Å². The minimum absolute atomic E-state index is 0. The summed E-state index contributed by atoms with van der Waals surface area (Å²) < 4.78 is 26.1. The molecule has 1 heterocycles. The molecule has 0 saturated carbocycles. The van der Waals surface area contributed by atoms with Crippen LogP contribution in [0.25, 0.3) is 0 Å². The molecule has 0 aromatic heterocycles. The number of benzene rings is 1. The topological polar surface area (TPSA) is 52.8 Å². The SMILES string of the molecule is CN(C)c1c[c-]c(N=C2[C-]=CC3=[N+](C)C(C)(C)C=C(CS(C)(=O)=O)C3=C2)cc1.[Y]. The third-order valence-electron chi connectivity index (χ3n) is 4.97. The molecule has 0 spiro atoms. The van der Waals surface area contributed by atoms with E-state index in [4.69, 9.17) is 0 Å². The summed E-state index contributed by atoms with van der Waals surface area (Å²) >= 11 is 0. The molecule has 3 rings (SSSR count). The minimum atomic E-state index is -3.16. The summed E-state index contributed by atoms with van der Waals surface area (Å²) in [6, 6.07) is 8.95. The van der Waals surface area contributed by atoms with E-state index in [0.29, 0.717) is 11.4 Å². The Morgan fingerprint density at radius 3 is 2.48 bits per heavy atom. The number of hydrogen-bond donors (Lipinski definition) is 0. The van der Waals surface area contributed by atoms with Gasteiger partial charge >= 0.3 is 0 Å². The van der Waals surface area contributed by atoms with E-state index in [1.807, 2.05) is 62.5 Å². The van der Waals surface area contributed by atoms with Crippen molar-refractivity contribution < 1.29 is 45.7 Å². The minimum Gasteiger partial charge on any atom is -0.429 e. The molecule has 2 aliphatic rings. The smallest absolute Gasteiger partial charge is 0.165 e. The fourth-order valence-corrected chi connectivity index (χ4v) is 4.07. The van der Waals surface area contributed by atoms with Crippen molar-refractivity contribution in [3.63, 3.8) is 0 Å². The van der Waals surface area contributed by atoms with Crippen LogP contribution in [0.3, 0.4) is 0 Å². The van der Waals surface area contributed by atoms with Gasteiger partial charge in [-0.2, -0.15) is 18.2 Å². The van der Waals surface area contributed by atoms with Crippen molar-refractivity contribution >= 4 is 32.6 Å². The van der Waals surface area contributed by atoms with Gasteiger partial charge in [0.15, 0.2) is 15.4 Å². The van der Waals surface area contributed by atoms with Crippen molar-refractivity contribution in [3.8, 4) is 0 Å². The molecule has 5 nitrogen and oxygen atoms in total. The number of anilines is 1. The van der Waals surface area contributed by atoms with Crippen LogP contribution in [0.5, 0.6) is 0 Å². The summed E-state index contributed by atoms with van der Waals surface area (Å²) in [6.45, 7) is 4.13. The summed E-state index contributed by atoms with van der Waals surface area (Å²) in [5.41, 5.74) is 4.77. The van der Waals surface area contributed by atoms with E-state index in [9.17, 15) is 8.42 Å². The van der Waals surface area contributed by atoms with Crippen LogP contribution < -0.4 is 4.90 Å². The number of nitrogens with zero attached hydrogens (tertiary/aromatic N) is 3. The van der Waals surface area contributed by atoms with E-state index < -0.39 is 9.84 Å². The number of hydrogen-bond acceptors (Lipinski definition) is 4. The zero-order valence-electron chi connectivity index (χ0n) is 17.8. The molecule has 0 bridgehead atoms. The van der Waals surface area contributed by atoms with Gasteiger partial charge in [0, 0.05) is 52.8 Å². The number of rotatable bonds is 4. The zero-order valence-corrected chi connectivity index (χ0v) is 21.5. The first-order valence-corrected chi connectivity index (χ1v) is 11.1. The van der Waals surface area contributed by atoms with Crippen molar-refractivity contribution in [2.75, 3.05) is 38.1 Å². The molecule has 29 heavy (non-hydrogen) atoms. The van der Waals surface area contributed by atoms with E-state index in [-0.39, 0.29) is 44.0 Å². The van der Waals surface area contributed by atoms with Crippen molar-refractivity contribution in [3.05, 3.63) is 59.7 Å². The molecule has 0 unspecified atom stereocenters. The van der Waals surface area contributed by atoms with Crippen molar-refractivity contribution in [1.82, 2.24) is 0 Å². The predicted molar refractivity (Wildman–Crippen MR) is 116 cm³/mol. The number of allylic oxidation sites excluding steroid dienone is 4. The second-order valence-electron chi connectivity index (χ2n) is 8.01. The Bertz CT molecular complexity index is 1060. The van der Waals surface area contributed by atoms with Gasteiger partial charge in [-0.05, 0) is 25.7 Å². The maximum atomic E-state index is 12.0. The van der Waals surface area contributed by atoms with Crippen molar-refractivity contribution in [2.45, 2.75) is 19.4 Å². The molecule has 0 amide bonds. The third-order valence-corrected chi connectivity index (χ3v) is 5.80. The molecule has 1 aromatic carbocycles. The van der Waals surface area contributed by atoms with Crippen LogP contribution in [-0.4, -0.2) is 63.1 Å². The van der Waals surface area contributed by atoms with E-state index in [2.05, 4.69) is 35.6 Å². The molecule has 151 valence electrons. The monoisotopic (exact) mass is 485 g/mol. The van der Waals surface area contributed by atoms with Gasteiger partial charge in [-0.25, -0.2) is 8.42 Å². The first-order chi connectivity index (χ1) is 13.0. The number of aliphatic imine (C=N–C) groups is 1. The number of likely N-dealkylation sites (N-methyl/N-ethyl adjacent to an activating group) is 1. The van der Waals surface area contributed by atoms with Crippen LogP contribution in [0.15, 0.2) is 52.6 Å². The summed E-state index contributed by atoms with van der Waals surface area (Å²) in [6.07, 6.45) is 10.3. The molecule has 1 radical (unpaired) electrons. The van der Waals surface area contributed by atoms with Gasteiger partial charge in [-0.3, -0.25) is 4.58 Å². The Hall–Kier alpha value is -1.37. The normalized spacial score (nSPS) is 19.3. The third kappa shape index (κ3) is 5.62. The van der Waals surface area contributed by atoms with Crippen LogP contribution in [0, 0.1) is 12.1 Å². The van der Waals surface area contributed by atoms with Gasteiger partial charge in [-0.15, -0.1) is 24.3 Å². The van der Waals surface area contributed by atoms with Crippen LogP contribution in [0.4, 0.5) is 11.4 Å². The van der Waals surface area contributed by atoms with Gasteiger partial charge in [0.05, 0.1) is 5.75 Å². The summed E-state index contributed by atoms with van der Waals surface area (Å²) in [5.74, 6) is 0.00435. The van der Waals surface area contributed by atoms with Gasteiger partial charge in [0.25, 0.3) is 0 Å². The molecular weight excluding hydrogens is 459 g/mol. The molecule has 0 atom stereocenters. The summed E-state index contributed by atoms with van der Waals surface area (Å²) in [5, 5.41) is 0. The second-order valence-corrected chi connectivity index (χ2v) is 10.1. The standard InChI is InChI=1S/C22H26N3O2S.Y/c1-22(2)14-16(15-28(6,26)27)20-13-18(9-12-21(20)25(22)5)23-17-7-10-19(11-8-17)24(3)4;/h7,10-14H,15H2,1-6H3;/q-1;. The molecular formula is C22H26N3O2SY-. The van der Waals surface area contributed by atoms with E-state index in [0.717, 1.165) is 22.5 Å². The molecule has 7 heteroatoms. The average molecular weight is 485 g/mol. The van der Waals surface area contributed by atoms with Crippen LogP contribution in [0.2, 0.25) is 0 Å². The maximum Gasteiger partial charge on any atom is 0.165 e. The van der Waals surface area contributed by atoms with Crippen LogP contribution >= 0.6 is 0 Å². The maximum absolute atomic E-state index is 12.0. The van der Waals surface area contributed by atoms with Gasteiger partial charge in [-0.1, -0.05) is 22.7 Å². The molecule has 0 N–H and O–H groups in total. The van der Waals surface area contributed by atoms with Crippen LogP contribution in [0.1, 0.15) is 13.8 Å². The van der Waals surface area contributed by atoms with Crippen molar-refractivity contribution in [1.29, 1.82) is 0 Å². The largest absolute Gasteiger partial charge is 0.429 e. The first kappa shape index (κ1) is 23.9. The van der Waals surface area contributed by atoms with Gasteiger partial charge in [0.2, 0.25) is 0 Å². The molecule has 1 aliphatic carbocycles. The van der Waals surface area contributed by atoms with Crippen LogP contribution in [-0.2, 0) is 42.5 Å². The summed E-state index contributed by atoms with van der Waals surface area (Å²) in [4.78, 5) is 6.62. The molecule has 1 aromatic rings. The predicted octanol–water partition coefficient (Wildman–Crippen LogP) is 2.77. The van der Waals surface area contributed by atoms with E-state index >= 15 is 0 Å². The summed E-state index contributed by atoms with van der Waals surface area (Å²) in [7, 11) is 2.80. The molecule has 0 saturated heterocycles. The average Bonchev–Trinajstić information content (AvgIpc) is 2.58.